The molecule has 0 saturated heterocycles. The number of pyridine rings is 1. The summed E-state index contributed by atoms with van der Waals surface area (Å²) in [5.74, 6) is -0.248. The quantitative estimate of drug-likeness (QED) is 0.598. The van der Waals surface area contributed by atoms with Crippen LogP contribution in [-0.4, -0.2) is 19.3 Å². The van der Waals surface area contributed by atoms with E-state index in [-0.39, 0.29) is 22.8 Å². The first-order chi connectivity index (χ1) is 14.6. The van der Waals surface area contributed by atoms with E-state index in [9.17, 15) is 13.2 Å². The maximum absolute atomic E-state index is 12.7. The fraction of sp³-hybridized carbons (Fsp3) is 0.250. The van der Waals surface area contributed by atoms with Crippen molar-refractivity contribution in [2.45, 2.75) is 44.6 Å². The highest BCUT2D eigenvalue weighted by Crippen LogP contribution is 2.23. The van der Waals surface area contributed by atoms with Crippen molar-refractivity contribution in [1.29, 1.82) is 0 Å². The maximum atomic E-state index is 12.7. The first-order valence-electron chi connectivity index (χ1n) is 9.97. The van der Waals surface area contributed by atoms with Crippen LogP contribution in [0.3, 0.4) is 0 Å². The fourth-order valence-electron chi connectivity index (χ4n) is 3.07. The van der Waals surface area contributed by atoms with E-state index in [1.165, 1.54) is 0 Å². The Morgan fingerprint density at radius 1 is 1.03 bits per heavy atom. The fourth-order valence-corrected chi connectivity index (χ4v) is 4.07. The number of benzene rings is 2. The summed E-state index contributed by atoms with van der Waals surface area (Å²) in [6, 6.07) is 15.6. The van der Waals surface area contributed by atoms with Gasteiger partial charge in [0.25, 0.3) is 5.91 Å². The number of rotatable bonds is 6. The summed E-state index contributed by atoms with van der Waals surface area (Å²) in [5, 5.41) is 2.78. The molecule has 0 unspecified atom stereocenters. The van der Waals surface area contributed by atoms with Crippen LogP contribution in [-0.2, 0) is 22.0 Å². The number of hydrogen-bond donors (Lipinski definition) is 2. The molecule has 0 aliphatic carbocycles. The van der Waals surface area contributed by atoms with E-state index in [4.69, 9.17) is 0 Å². The Morgan fingerprint density at radius 3 is 2.32 bits per heavy atom. The van der Waals surface area contributed by atoms with Gasteiger partial charge in [-0.2, -0.15) is 0 Å². The Balaban J connectivity index is 1.68. The second-order valence-electron chi connectivity index (χ2n) is 8.44. The summed E-state index contributed by atoms with van der Waals surface area (Å²) >= 11 is 0. The second kappa shape index (κ2) is 8.99. The molecule has 1 heterocycles. The van der Waals surface area contributed by atoms with Crippen molar-refractivity contribution in [3.63, 3.8) is 0 Å². The minimum atomic E-state index is -3.64. The molecule has 0 bridgehead atoms. The van der Waals surface area contributed by atoms with E-state index in [2.05, 4.69) is 35.8 Å². The molecule has 1 amide bonds. The number of aryl methyl sites for hydroxylation is 1. The third-order valence-electron chi connectivity index (χ3n) is 5.01. The Morgan fingerprint density at radius 2 is 1.74 bits per heavy atom. The van der Waals surface area contributed by atoms with Gasteiger partial charge in [-0.25, -0.2) is 13.1 Å². The zero-order valence-electron chi connectivity index (χ0n) is 18.1. The van der Waals surface area contributed by atoms with Gasteiger partial charge in [-0.15, -0.1) is 0 Å². The van der Waals surface area contributed by atoms with Gasteiger partial charge in [0.05, 0.1) is 16.8 Å². The van der Waals surface area contributed by atoms with Gasteiger partial charge in [-0.3, -0.25) is 9.78 Å². The molecule has 1 aromatic heterocycles. The highest BCUT2D eigenvalue weighted by atomic mass is 32.2. The number of amides is 1. The monoisotopic (exact) mass is 437 g/mol. The number of carbonyl (C=O) groups excluding carboxylic acids is 1. The molecular weight excluding hydrogens is 410 g/mol. The van der Waals surface area contributed by atoms with Crippen LogP contribution < -0.4 is 10.0 Å². The first kappa shape index (κ1) is 22.7. The van der Waals surface area contributed by atoms with Crippen LogP contribution >= 0.6 is 0 Å². The standard InChI is InChI=1S/C24H27N3O3S/c1-17-14-18(23(28)27-21-6-5-13-25-16-21)7-8-19(17)15-26-31(29,30)22-11-9-20(10-12-22)24(2,3)4/h5-14,16,26H,15H2,1-4H3,(H,27,28). The van der Waals surface area contributed by atoms with Crippen LogP contribution in [0.25, 0.3) is 0 Å². The summed E-state index contributed by atoms with van der Waals surface area (Å²) in [4.78, 5) is 16.6. The number of nitrogens with one attached hydrogen (secondary N) is 2. The third kappa shape index (κ3) is 5.77. The number of anilines is 1. The molecule has 0 aliphatic heterocycles. The Hall–Kier alpha value is -3.03. The molecule has 2 aromatic carbocycles. The smallest absolute Gasteiger partial charge is 0.255 e. The number of hydrogen-bond acceptors (Lipinski definition) is 4. The molecule has 0 spiro atoms. The normalized spacial score (nSPS) is 11.9. The average molecular weight is 438 g/mol. The second-order valence-corrected chi connectivity index (χ2v) is 10.2. The van der Waals surface area contributed by atoms with Crippen molar-refractivity contribution in [1.82, 2.24) is 9.71 Å². The lowest BCUT2D eigenvalue weighted by atomic mass is 9.87. The SMILES string of the molecule is Cc1cc(C(=O)Nc2cccnc2)ccc1CNS(=O)(=O)c1ccc(C(C)(C)C)cc1. The van der Waals surface area contributed by atoms with Gasteiger partial charge < -0.3 is 5.32 Å². The molecule has 0 fully saturated rings. The molecule has 3 aromatic rings. The topological polar surface area (TPSA) is 88.2 Å². The lowest BCUT2D eigenvalue weighted by molar-refractivity contribution is 0.102. The minimum Gasteiger partial charge on any atom is -0.321 e. The van der Waals surface area contributed by atoms with E-state index in [0.717, 1.165) is 16.7 Å². The van der Waals surface area contributed by atoms with Crippen LogP contribution in [0, 0.1) is 6.92 Å². The molecule has 162 valence electrons. The molecule has 0 saturated carbocycles. The van der Waals surface area contributed by atoms with Crippen LogP contribution in [0.5, 0.6) is 0 Å². The summed E-state index contributed by atoms with van der Waals surface area (Å²) in [6.45, 7) is 8.23. The van der Waals surface area contributed by atoms with Gasteiger partial charge in [0, 0.05) is 18.3 Å². The van der Waals surface area contributed by atoms with Crippen LogP contribution in [0.1, 0.15) is 47.8 Å². The Kier molecular flexibility index (Phi) is 6.57. The van der Waals surface area contributed by atoms with Crippen LogP contribution in [0.15, 0.2) is 71.9 Å². The maximum Gasteiger partial charge on any atom is 0.255 e. The molecule has 2 N–H and O–H groups in total. The Bertz CT molecular complexity index is 1170. The largest absolute Gasteiger partial charge is 0.321 e. The van der Waals surface area contributed by atoms with Gasteiger partial charge in [0.1, 0.15) is 0 Å². The van der Waals surface area contributed by atoms with Crippen molar-refractivity contribution in [3.05, 3.63) is 89.2 Å². The first-order valence-corrected chi connectivity index (χ1v) is 11.5. The highest BCUT2D eigenvalue weighted by Gasteiger charge is 2.18. The highest BCUT2D eigenvalue weighted by molar-refractivity contribution is 7.89. The summed E-state index contributed by atoms with van der Waals surface area (Å²) in [6.07, 6.45) is 3.20. The zero-order valence-corrected chi connectivity index (χ0v) is 19.0. The molecule has 0 atom stereocenters. The van der Waals surface area contributed by atoms with Crippen molar-refractivity contribution >= 4 is 21.6 Å². The van der Waals surface area contributed by atoms with Gasteiger partial charge in [-0.1, -0.05) is 39.0 Å². The summed E-state index contributed by atoms with van der Waals surface area (Å²) in [5.41, 5.74) is 3.75. The molecule has 0 aliphatic rings. The lowest BCUT2D eigenvalue weighted by Gasteiger charge is -2.19. The number of aromatic nitrogens is 1. The molecule has 6 nitrogen and oxygen atoms in total. The molecule has 3 rings (SSSR count). The molecule has 0 radical (unpaired) electrons. The van der Waals surface area contributed by atoms with E-state index in [1.54, 1.807) is 54.9 Å². The van der Waals surface area contributed by atoms with Crippen LogP contribution in [0.4, 0.5) is 5.69 Å². The van der Waals surface area contributed by atoms with Crippen molar-refractivity contribution in [2.75, 3.05) is 5.32 Å². The summed E-state index contributed by atoms with van der Waals surface area (Å²) in [7, 11) is -3.64. The van der Waals surface area contributed by atoms with Crippen molar-refractivity contribution < 1.29 is 13.2 Å². The lowest BCUT2D eigenvalue weighted by Crippen LogP contribution is -2.24. The van der Waals surface area contributed by atoms with Crippen molar-refractivity contribution in [2.24, 2.45) is 0 Å². The van der Waals surface area contributed by atoms with E-state index in [1.807, 2.05) is 19.1 Å². The minimum absolute atomic E-state index is 0.0438. The average Bonchev–Trinajstić information content (AvgIpc) is 2.73. The number of nitrogens with zero attached hydrogens (tertiary/aromatic N) is 1. The van der Waals surface area contributed by atoms with Gasteiger partial charge >= 0.3 is 0 Å². The molecular formula is C24H27N3O3S. The molecule has 7 heteroatoms. The number of carbonyl (C=O) groups is 1. The van der Waals surface area contributed by atoms with Crippen molar-refractivity contribution in [3.8, 4) is 0 Å². The van der Waals surface area contributed by atoms with Crippen LogP contribution in [0.2, 0.25) is 0 Å². The number of sulfonamides is 1. The summed E-state index contributed by atoms with van der Waals surface area (Å²) < 4.78 is 28.0. The predicted molar refractivity (Wildman–Crippen MR) is 123 cm³/mol. The van der Waals surface area contributed by atoms with E-state index in [0.29, 0.717) is 11.3 Å². The van der Waals surface area contributed by atoms with E-state index < -0.39 is 10.0 Å². The zero-order chi connectivity index (χ0) is 22.6. The predicted octanol–water partition coefficient (Wildman–Crippen LogP) is 4.42. The van der Waals surface area contributed by atoms with Gasteiger partial charge in [0.15, 0.2) is 0 Å². The van der Waals surface area contributed by atoms with Gasteiger partial charge in [-0.05, 0) is 65.4 Å². The third-order valence-corrected chi connectivity index (χ3v) is 6.42. The Labute approximate surface area is 183 Å². The van der Waals surface area contributed by atoms with Gasteiger partial charge in [0.2, 0.25) is 10.0 Å². The molecule has 31 heavy (non-hydrogen) atoms. The van der Waals surface area contributed by atoms with E-state index >= 15 is 0 Å².